The maximum Gasteiger partial charge on any atom is 0.317 e. The van der Waals surface area contributed by atoms with Crippen molar-refractivity contribution in [2.45, 2.75) is 25.3 Å². The van der Waals surface area contributed by atoms with Crippen molar-refractivity contribution in [1.29, 1.82) is 0 Å². The summed E-state index contributed by atoms with van der Waals surface area (Å²) in [5.74, 6) is 0.936. The Hall–Kier alpha value is -3.42. The summed E-state index contributed by atoms with van der Waals surface area (Å²) < 4.78 is 5.85. The number of hydrogen-bond acceptors (Lipinski definition) is 5. The smallest absolute Gasteiger partial charge is 0.317 e. The molecule has 144 valence electrons. The van der Waals surface area contributed by atoms with E-state index in [1.165, 1.54) is 12.1 Å². The number of para-hydroxylation sites is 2. The number of likely N-dealkylation sites (tertiary alicyclic amines) is 1. The monoisotopic (exact) mass is 380 g/mol. The van der Waals surface area contributed by atoms with Crippen molar-refractivity contribution in [3.05, 3.63) is 70.1 Å². The molecule has 1 saturated heterocycles. The van der Waals surface area contributed by atoms with Crippen molar-refractivity contribution in [3.63, 3.8) is 0 Å². The Kier molecular flexibility index (Phi) is 4.92. The van der Waals surface area contributed by atoms with Crippen LogP contribution in [0.3, 0.4) is 0 Å². The molecule has 0 bridgehead atoms. The lowest BCUT2D eigenvalue weighted by Gasteiger charge is -2.30. The van der Waals surface area contributed by atoms with Gasteiger partial charge in [0.1, 0.15) is 5.52 Å². The fourth-order valence-corrected chi connectivity index (χ4v) is 3.46. The molecule has 28 heavy (non-hydrogen) atoms. The molecule has 3 aromatic rings. The van der Waals surface area contributed by atoms with Crippen molar-refractivity contribution >= 4 is 22.8 Å². The molecule has 1 aliphatic rings. The molecule has 0 aliphatic carbocycles. The predicted molar refractivity (Wildman–Crippen MR) is 103 cm³/mol. The third-order valence-electron chi connectivity index (χ3n) is 5.01. The van der Waals surface area contributed by atoms with E-state index in [1.807, 2.05) is 24.3 Å². The first-order valence-electron chi connectivity index (χ1n) is 9.22. The third-order valence-corrected chi connectivity index (χ3v) is 5.01. The number of urea groups is 1. The van der Waals surface area contributed by atoms with Gasteiger partial charge in [0.15, 0.2) is 11.5 Å². The Morgan fingerprint density at radius 2 is 2.00 bits per heavy atom. The van der Waals surface area contributed by atoms with Crippen LogP contribution >= 0.6 is 0 Å². The minimum absolute atomic E-state index is 0.0194. The second-order valence-electron chi connectivity index (χ2n) is 6.87. The first kappa shape index (κ1) is 18.0. The Labute approximate surface area is 161 Å². The molecule has 0 unspecified atom stereocenters. The highest BCUT2D eigenvalue weighted by Gasteiger charge is 2.27. The zero-order valence-corrected chi connectivity index (χ0v) is 15.2. The zero-order chi connectivity index (χ0) is 19.5. The van der Waals surface area contributed by atoms with Crippen LogP contribution < -0.4 is 5.32 Å². The summed E-state index contributed by atoms with van der Waals surface area (Å²) in [6.45, 7) is 1.49. The molecule has 4 rings (SSSR count). The molecule has 0 atom stereocenters. The molecule has 8 nitrogen and oxygen atoms in total. The fraction of sp³-hybridized carbons (Fsp3) is 0.300. The number of oxazole rings is 1. The van der Waals surface area contributed by atoms with Crippen molar-refractivity contribution in [1.82, 2.24) is 15.2 Å². The second kappa shape index (κ2) is 7.67. The molecule has 0 radical (unpaired) electrons. The van der Waals surface area contributed by atoms with E-state index in [2.05, 4.69) is 10.3 Å². The van der Waals surface area contributed by atoms with E-state index in [-0.39, 0.29) is 24.2 Å². The molecule has 8 heteroatoms. The first-order chi connectivity index (χ1) is 13.6. The largest absolute Gasteiger partial charge is 0.440 e. The standard InChI is InChI=1S/C20H20N4O4/c25-20(21-13-14-4-3-5-16(12-14)24(26)27)23-10-8-15(9-11-23)19-22-17-6-1-2-7-18(17)28-19/h1-7,12,15H,8-11,13H2,(H,21,25). The van der Waals surface area contributed by atoms with E-state index in [4.69, 9.17) is 4.42 Å². The highest BCUT2D eigenvalue weighted by Crippen LogP contribution is 2.29. The zero-order valence-electron chi connectivity index (χ0n) is 15.2. The van der Waals surface area contributed by atoms with Gasteiger partial charge in [-0.2, -0.15) is 0 Å². The maximum absolute atomic E-state index is 12.4. The number of nitro groups is 1. The lowest BCUT2D eigenvalue weighted by atomic mass is 9.97. The number of carbonyl (C=O) groups is 1. The van der Waals surface area contributed by atoms with Gasteiger partial charge in [0.2, 0.25) is 0 Å². The Bertz CT molecular complexity index is 975. The summed E-state index contributed by atoms with van der Waals surface area (Å²) in [7, 11) is 0. The van der Waals surface area contributed by atoms with E-state index in [9.17, 15) is 14.9 Å². The number of nitrogens with one attached hydrogen (secondary N) is 1. The van der Waals surface area contributed by atoms with E-state index < -0.39 is 4.92 Å². The van der Waals surface area contributed by atoms with E-state index >= 15 is 0 Å². The summed E-state index contributed by atoms with van der Waals surface area (Å²) in [6.07, 6.45) is 1.58. The van der Waals surface area contributed by atoms with Crippen LogP contribution in [-0.2, 0) is 6.54 Å². The Balaban J connectivity index is 1.31. The highest BCUT2D eigenvalue weighted by atomic mass is 16.6. The number of non-ortho nitro benzene ring substituents is 1. The minimum atomic E-state index is -0.442. The topological polar surface area (TPSA) is 102 Å². The van der Waals surface area contributed by atoms with Gasteiger partial charge in [-0.3, -0.25) is 10.1 Å². The SMILES string of the molecule is O=C(NCc1cccc([N+](=O)[O-])c1)N1CCC(c2nc3ccccc3o2)CC1. The Morgan fingerprint density at radius 1 is 1.21 bits per heavy atom. The summed E-state index contributed by atoms with van der Waals surface area (Å²) in [5, 5.41) is 13.7. The summed E-state index contributed by atoms with van der Waals surface area (Å²) in [4.78, 5) is 29.1. The van der Waals surface area contributed by atoms with Gasteiger partial charge in [-0.05, 0) is 30.5 Å². The van der Waals surface area contributed by atoms with Gasteiger partial charge >= 0.3 is 6.03 Å². The second-order valence-corrected chi connectivity index (χ2v) is 6.87. The predicted octanol–water partition coefficient (Wildman–Crippen LogP) is 3.83. The van der Waals surface area contributed by atoms with E-state index in [1.54, 1.807) is 17.0 Å². The van der Waals surface area contributed by atoms with E-state index in [0.29, 0.717) is 18.7 Å². The van der Waals surface area contributed by atoms with Gasteiger partial charge in [0.05, 0.1) is 4.92 Å². The van der Waals surface area contributed by atoms with Gasteiger partial charge in [-0.15, -0.1) is 0 Å². The third kappa shape index (κ3) is 3.80. The molecule has 2 heterocycles. The normalized spacial score (nSPS) is 14.9. The molecule has 1 aromatic heterocycles. The van der Waals surface area contributed by atoms with Crippen molar-refractivity contribution in [2.75, 3.05) is 13.1 Å². The van der Waals surface area contributed by atoms with Gasteiger partial charge < -0.3 is 14.6 Å². The van der Waals surface area contributed by atoms with Crippen molar-refractivity contribution in [2.24, 2.45) is 0 Å². The van der Waals surface area contributed by atoms with E-state index in [0.717, 1.165) is 29.8 Å². The number of nitrogens with zero attached hydrogens (tertiary/aromatic N) is 3. The van der Waals surface area contributed by atoms with Gasteiger partial charge in [0, 0.05) is 37.7 Å². The number of hydrogen-bond donors (Lipinski definition) is 1. The van der Waals surface area contributed by atoms with Crippen LogP contribution in [0.1, 0.15) is 30.2 Å². The summed E-state index contributed by atoms with van der Waals surface area (Å²) in [6, 6.07) is 13.8. The number of piperidine rings is 1. The van der Waals surface area contributed by atoms with Crippen LogP contribution in [0.25, 0.3) is 11.1 Å². The number of nitro benzene ring substituents is 1. The molecule has 1 N–H and O–H groups in total. The molecule has 1 aliphatic heterocycles. The number of rotatable bonds is 4. The van der Waals surface area contributed by atoms with Crippen LogP contribution in [0, 0.1) is 10.1 Å². The van der Waals surface area contributed by atoms with Crippen molar-refractivity contribution < 1.29 is 14.1 Å². The number of amides is 2. The summed E-state index contributed by atoms with van der Waals surface area (Å²) in [5.41, 5.74) is 2.36. The molecule has 2 amide bonds. The van der Waals surface area contributed by atoms with Crippen molar-refractivity contribution in [3.8, 4) is 0 Å². The number of aromatic nitrogens is 1. The molecular formula is C20H20N4O4. The van der Waals surface area contributed by atoms with Crippen LogP contribution in [-0.4, -0.2) is 33.9 Å². The minimum Gasteiger partial charge on any atom is -0.440 e. The Morgan fingerprint density at radius 3 is 2.75 bits per heavy atom. The van der Waals surface area contributed by atoms with Crippen LogP contribution in [0.15, 0.2) is 52.9 Å². The number of fused-ring (bicyclic) bond motifs is 1. The molecule has 0 spiro atoms. The number of carbonyl (C=O) groups excluding carboxylic acids is 1. The van der Waals surface area contributed by atoms with Crippen LogP contribution in [0.4, 0.5) is 10.5 Å². The van der Waals surface area contributed by atoms with Gasteiger partial charge in [-0.1, -0.05) is 24.3 Å². The maximum atomic E-state index is 12.4. The number of benzene rings is 2. The molecule has 0 saturated carbocycles. The fourth-order valence-electron chi connectivity index (χ4n) is 3.46. The average molecular weight is 380 g/mol. The molecular weight excluding hydrogens is 360 g/mol. The first-order valence-corrected chi connectivity index (χ1v) is 9.22. The average Bonchev–Trinajstić information content (AvgIpc) is 3.16. The van der Waals surface area contributed by atoms with Crippen LogP contribution in [0.5, 0.6) is 0 Å². The highest BCUT2D eigenvalue weighted by molar-refractivity contribution is 5.74. The quantitative estimate of drug-likeness (QED) is 0.547. The van der Waals surface area contributed by atoms with Gasteiger partial charge in [0.25, 0.3) is 5.69 Å². The van der Waals surface area contributed by atoms with Gasteiger partial charge in [-0.25, -0.2) is 9.78 Å². The molecule has 2 aromatic carbocycles. The lowest BCUT2D eigenvalue weighted by Crippen LogP contribution is -2.43. The lowest BCUT2D eigenvalue weighted by molar-refractivity contribution is -0.384. The molecule has 1 fully saturated rings. The summed E-state index contributed by atoms with van der Waals surface area (Å²) >= 11 is 0. The van der Waals surface area contributed by atoms with Crippen LogP contribution in [0.2, 0.25) is 0 Å².